The standard InChI is InChI=1S/C23H40ClN4O5PSi/c1-16(2)32-34(29,33-17(3)4)15-30-11-18(5)19(12-31-35(9,10)23(6,7)8)28-14-27-20-21(24)25-13-26-22(20)28/h13-14,16-17,19H,5,11-12,15H2,1-4,6-10H3. The summed E-state index contributed by atoms with van der Waals surface area (Å²) in [6, 6.07) is -0.337. The fourth-order valence-corrected chi connectivity index (χ4v) is 6.02. The number of halogens is 1. The fourth-order valence-electron chi connectivity index (χ4n) is 3.06. The van der Waals surface area contributed by atoms with Crippen molar-refractivity contribution in [1.29, 1.82) is 0 Å². The van der Waals surface area contributed by atoms with Crippen LogP contribution in [0.2, 0.25) is 23.3 Å². The van der Waals surface area contributed by atoms with Gasteiger partial charge < -0.3 is 22.8 Å². The van der Waals surface area contributed by atoms with Crippen LogP contribution in [0.4, 0.5) is 0 Å². The van der Waals surface area contributed by atoms with Gasteiger partial charge in [-0.05, 0) is 51.4 Å². The SMILES string of the molecule is C=C(COCP(=O)(OC(C)C)OC(C)C)C(CO[Si](C)(C)C(C)(C)C)n1cnc2c(Cl)ncnc21. The highest BCUT2D eigenvalue weighted by Crippen LogP contribution is 2.50. The van der Waals surface area contributed by atoms with E-state index in [1.165, 1.54) is 6.33 Å². The highest BCUT2D eigenvalue weighted by atomic mass is 35.5. The maximum atomic E-state index is 13.1. The van der Waals surface area contributed by atoms with E-state index in [4.69, 9.17) is 29.8 Å². The Balaban J connectivity index is 2.26. The third kappa shape index (κ3) is 8.18. The van der Waals surface area contributed by atoms with Crippen LogP contribution in [-0.2, 0) is 22.8 Å². The maximum Gasteiger partial charge on any atom is 0.356 e. The molecule has 2 heterocycles. The van der Waals surface area contributed by atoms with Crippen molar-refractivity contribution in [3.8, 4) is 0 Å². The van der Waals surface area contributed by atoms with Gasteiger partial charge in [0.2, 0.25) is 0 Å². The van der Waals surface area contributed by atoms with Crippen molar-refractivity contribution in [1.82, 2.24) is 19.5 Å². The smallest absolute Gasteiger partial charge is 0.356 e. The van der Waals surface area contributed by atoms with E-state index in [2.05, 4.69) is 55.4 Å². The summed E-state index contributed by atoms with van der Waals surface area (Å²) in [6.07, 6.45) is 2.34. The summed E-state index contributed by atoms with van der Waals surface area (Å²) in [7, 11) is -5.49. The molecule has 9 nitrogen and oxygen atoms in total. The van der Waals surface area contributed by atoms with Crippen LogP contribution >= 0.6 is 19.2 Å². The van der Waals surface area contributed by atoms with Crippen molar-refractivity contribution in [2.24, 2.45) is 0 Å². The van der Waals surface area contributed by atoms with Crippen LogP contribution in [0.5, 0.6) is 0 Å². The maximum absolute atomic E-state index is 13.1. The molecule has 0 N–H and O–H groups in total. The molecule has 0 bridgehead atoms. The summed E-state index contributed by atoms with van der Waals surface area (Å²) in [5, 5.41) is 0.310. The van der Waals surface area contributed by atoms with Gasteiger partial charge in [0.05, 0.1) is 37.8 Å². The number of rotatable bonds is 13. The average molecular weight is 547 g/mol. The van der Waals surface area contributed by atoms with Crippen LogP contribution in [0.25, 0.3) is 11.2 Å². The molecule has 1 atom stereocenters. The van der Waals surface area contributed by atoms with Gasteiger partial charge >= 0.3 is 7.60 Å². The van der Waals surface area contributed by atoms with Crippen molar-refractivity contribution >= 4 is 38.7 Å². The zero-order chi connectivity index (χ0) is 26.6. The van der Waals surface area contributed by atoms with E-state index in [1.54, 1.807) is 34.0 Å². The molecular formula is C23H40ClN4O5PSi. The van der Waals surface area contributed by atoms with Crippen molar-refractivity contribution in [2.45, 2.75) is 84.8 Å². The molecule has 0 spiro atoms. The molecule has 0 aromatic carbocycles. The zero-order valence-corrected chi connectivity index (χ0v) is 25.0. The molecule has 0 fully saturated rings. The fraction of sp³-hybridized carbons (Fsp3) is 0.696. The van der Waals surface area contributed by atoms with Gasteiger partial charge in [-0.2, -0.15) is 0 Å². The first-order chi connectivity index (χ1) is 16.1. The van der Waals surface area contributed by atoms with Crippen LogP contribution in [0.15, 0.2) is 24.8 Å². The Labute approximate surface area is 215 Å². The molecule has 0 aliphatic carbocycles. The molecule has 0 saturated carbocycles. The van der Waals surface area contributed by atoms with E-state index in [0.29, 0.717) is 23.3 Å². The van der Waals surface area contributed by atoms with Gasteiger partial charge in [0.1, 0.15) is 18.2 Å². The lowest BCUT2D eigenvalue weighted by atomic mass is 10.1. The predicted octanol–water partition coefficient (Wildman–Crippen LogP) is 6.62. The number of hydrogen-bond acceptors (Lipinski definition) is 8. The van der Waals surface area contributed by atoms with Gasteiger partial charge in [0.15, 0.2) is 19.1 Å². The summed E-state index contributed by atoms with van der Waals surface area (Å²) in [4.78, 5) is 12.8. The Morgan fingerprint density at radius 3 is 2.29 bits per heavy atom. The van der Waals surface area contributed by atoms with Gasteiger partial charge in [0, 0.05) is 0 Å². The summed E-state index contributed by atoms with van der Waals surface area (Å²) in [5.74, 6) is 0. The molecule has 0 amide bonds. The topological polar surface area (TPSA) is 97.6 Å². The lowest BCUT2D eigenvalue weighted by Crippen LogP contribution is -2.42. The van der Waals surface area contributed by atoms with Crippen LogP contribution in [0.3, 0.4) is 0 Å². The number of nitrogens with zero attached hydrogens (tertiary/aromatic N) is 4. The van der Waals surface area contributed by atoms with Crippen molar-refractivity contribution in [2.75, 3.05) is 19.6 Å². The van der Waals surface area contributed by atoms with Crippen LogP contribution in [-0.4, -0.2) is 59.6 Å². The van der Waals surface area contributed by atoms with E-state index >= 15 is 0 Å². The second kappa shape index (κ2) is 11.9. The number of ether oxygens (including phenoxy) is 1. The summed E-state index contributed by atoms with van der Waals surface area (Å²) >= 11 is 6.22. The first kappa shape index (κ1) is 30.1. The number of fused-ring (bicyclic) bond motifs is 1. The lowest BCUT2D eigenvalue weighted by Gasteiger charge is -2.37. The Morgan fingerprint density at radius 1 is 1.14 bits per heavy atom. The third-order valence-corrected chi connectivity index (χ3v) is 12.6. The van der Waals surface area contributed by atoms with E-state index < -0.39 is 15.9 Å². The largest absolute Gasteiger partial charge is 0.414 e. The minimum absolute atomic E-state index is 0.0346. The van der Waals surface area contributed by atoms with E-state index in [1.807, 2.05) is 4.57 Å². The van der Waals surface area contributed by atoms with E-state index in [0.717, 1.165) is 0 Å². The number of imidazole rings is 1. The van der Waals surface area contributed by atoms with Crippen molar-refractivity contribution in [3.05, 3.63) is 30.0 Å². The first-order valence-corrected chi connectivity index (χ1v) is 16.8. The molecule has 2 aromatic rings. The summed E-state index contributed by atoms with van der Waals surface area (Å²) in [5.41, 5.74) is 1.78. The lowest BCUT2D eigenvalue weighted by molar-refractivity contribution is 0.103. The number of aromatic nitrogens is 4. The molecule has 2 rings (SSSR count). The Bertz CT molecular complexity index is 1040. The molecule has 0 aliphatic rings. The third-order valence-electron chi connectivity index (χ3n) is 5.81. The molecule has 0 radical (unpaired) electrons. The Morgan fingerprint density at radius 2 is 1.74 bits per heavy atom. The highest BCUT2D eigenvalue weighted by molar-refractivity contribution is 7.53. The summed E-state index contributed by atoms with van der Waals surface area (Å²) < 4.78 is 38.5. The monoisotopic (exact) mass is 546 g/mol. The quantitative estimate of drug-likeness (QED) is 0.120. The molecule has 198 valence electrons. The van der Waals surface area contributed by atoms with Gasteiger partial charge in [0.25, 0.3) is 0 Å². The molecular weight excluding hydrogens is 507 g/mol. The summed E-state index contributed by atoms with van der Waals surface area (Å²) in [6.45, 7) is 22.9. The normalized spacial score (nSPS) is 14.3. The van der Waals surface area contributed by atoms with Crippen LogP contribution in [0.1, 0.15) is 54.5 Å². The van der Waals surface area contributed by atoms with Crippen molar-refractivity contribution < 1.29 is 22.8 Å². The Kier molecular flexibility index (Phi) is 10.3. The minimum Gasteiger partial charge on any atom is -0.414 e. The van der Waals surface area contributed by atoms with Gasteiger partial charge in [-0.1, -0.05) is 39.0 Å². The predicted molar refractivity (Wildman–Crippen MR) is 143 cm³/mol. The van der Waals surface area contributed by atoms with Gasteiger partial charge in [-0.3, -0.25) is 4.57 Å². The molecule has 35 heavy (non-hydrogen) atoms. The van der Waals surface area contributed by atoms with E-state index in [-0.39, 0.29) is 41.4 Å². The first-order valence-electron chi connectivity index (χ1n) is 11.7. The molecule has 0 saturated heterocycles. The van der Waals surface area contributed by atoms with E-state index in [9.17, 15) is 4.57 Å². The Hall–Kier alpha value is -1.13. The molecule has 0 aliphatic heterocycles. The molecule has 1 unspecified atom stereocenters. The second-order valence-corrected chi connectivity index (χ2v) is 17.7. The van der Waals surface area contributed by atoms with Gasteiger partial charge in [-0.25, -0.2) is 15.0 Å². The van der Waals surface area contributed by atoms with Crippen LogP contribution < -0.4 is 0 Å². The van der Waals surface area contributed by atoms with Crippen molar-refractivity contribution in [3.63, 3.8) is 0 Å². The minimum atomic E-state index is -3.43. The highest BCUT2D eigenvalue weighted by Gasteiger charge is 2.38. The molecule has 12 heteroatoms. The second-order valence-electron chi connectivity index (χ2n) is 10.6. The van der Waals surface area contributed by atoms with Gasteiger partial charge in [-0.15, -0.1) is 0 Å². The molecule has 2 aromatic heterocycles. The van der Waals surface area contributed by atoms with Crippen LogP contribution in [0, 0.1) is 0 Å². The average Bonchev–Trinajstić information content (AvgIpc) is 3.11. The zero-order valence-electron chi connectivity index (χ0n) is 22.4. The number of hydrogen-bond donors (Lipinski definition) is 0.